The Morgan fingerprint density at radius 3 is 2.35 bits per heavy atom. The minimum Gasteiger partial charge on any atom is -0.508 e. The number of methoxy groups -OCH3 is 1. The molecule has 1 aromatic heterocycles. The number of carbonyl (C=O) groups is 4. The molecule has 18 heteroatoms. The van der Waals surface area contributed by atoms with Crippen LogP contribution in [0.2, 0.25) is 10.0 Å². The smallest absolute Gasteiger partial charge is 0.488 e. The summed E-state index contributed by atoms with van der Waals surface area (Å²) in [6.07, 6.45) is -2.64. The fourth-order valence-corrected chi connectivity index (χ4v) is 9.43. The Morgan fingerprint density at radius 2 is 1.68 bits per heavy atom. The summed E-state index contributed by atoms with van der Waals surface area (Å²) in [6.45, 7) is 0. The zero-order valence-electron chi connectivity index (χ0n) is 29.6. The molecule has 8 rings (SSSR count). The number of imide groups is 2. The number of phenolic OH excluding ortho intramolecular Hbond substituents is 1. The quantitative estimate of drug-likeness (QED) is 0.113. The normalized spacial score (nSPS) is 25.5. The van der Waals surface area contributed by atoms with Crippen LogP contribution in [0.3, 0.4) is 0 Å². The lowest BCUT2D eigenvalue weighted by Gasteiger charge is -2.50. The van der Waals surface area contributed by atoms with E-state index in [-0.39, 0.29) is 35.3 Å². The van der Waals surface area contributed by atoms with E-state index in [1.807, 2.05) is 0 Å². The van der Waals surface area contributed by atoms with E-state index in [0.717, 1.165) is 4.90 Å². The van der Waals surface area contributed by atoms with Crippen LogP contribution in [0.5, 0.6) is 11.5 Å². The standard InChI is InChI=1S/C39H30BCl2F3N4O8/c1-57-23-9-12-30(50)27(15-23)32-24-10-11-25-31(36(53)48(34(25)51)22-4-2-3-20(14-22)40(55)56)26(24)16-28-35(52)49(37(54)38(28,32)18-5-7-21(41)8-6-18)47-33-29(42)13-19(17-46-33)39(43,44)45/h2-10,12-15,17,25-26,28,31-32,50,55-56H,11,16H2,1H3,(H,46,47). The van der Waals surface area contributed by atoms with Crippen molar-refractivity contribution in [1.82, 2.24) is 9.99 Å². The first-order chi connectivity index (χ1) is 27.1. The van der Waals surface area contributed by atoms with E-state index < -0.39 is 88.3 Å². The van der Waals surface area contributed by atoms with Gasteiger partial charge in [0.05, 0.1) is 46.6 Å². The van der Waals surface area contributed by atoms with Crippen molar-refractivity contribution >= 4 is 70.9 Å². The average Bonchev–Trinajstić information content (AvgIpc) is 3.56. The number of hydrogen-bond donors (Lipinski definition) is 4. The minimum absolute atomic E-state index is 0.0394. The van der Waals surface area contributed by atoms with Crippen molar-refractivity contribution in [2.45, 2.75) is 30.4 Å². The molecule has 6 atom stereocenters. The highest BCUT2D eigenvalue weighted by Crippen LogP contribution is 2.65. The maximum Gasteiger partial charge on any atom is 0.488 e. The molecule has 2 aliphatic heterocycles. The number of halogens is 5. The highest BCUT2D eigenvalue weighted by atomic mass is 35.5. The van der Waals surface area contributed by atoms with Gasteiger partial charge < -0.3 is 19.9 Å². The van der Waals surface area contributed by atoms with E-state index in [1.165, 1.54) is 61.7 Å². The number of pyridine rings is 1. The number of aromatic nitrogens is 1. The summed E-state index contributed by atoms with van der Waals surface area (Å²) in [5, 5.41) is 31.7. The molecule has 4 aromatic rings. The molecule has 3 aromatic carbocycles. The first kappa shape index (κ1) is 38.5. The van der Waals surface area contributed by atoms with Crippen LogP contribution in [-0.2, 0) is 30.8 Å². The van der Waals surface area contributed by atoms with Crippen LogP contribution < -0.4 is 20.5 Å². The summed E-state index contributed by atoms with van der Waals surface area (Å²) in [5.74, 6) is -8.55. The number of ether oxygens (including phenoxy) is 1. The number of nitrogens with one attached hydrogen (secondary N) is 1. The topological polar surface area (TPSA) is 170 Å². The highest BCUT2D eigenvalue weighted by molar-refractivity contribution is 6.58. The third-order valence-corrected chi connectivity index (χ3v) is 12.1. The number of alkyl halides is 3. The molecule has 3 fully saturated rings. The number of phenols is 1. The van der Waals surface area contributed by atoms with E-state index in [1.54, 1.807) is 18.2 Å². The van der Waals surface area contributed by atoms with Gasteiger partial charge in [-0.1, -0.05) is 59.1 Å². The van der Waals surface area contributed by atoms with Gasteiger partial charge in [0.2, 0.25) is 11.8 Å². The van der Waals surface area contributed by atoms with Gasteiger partial charge in [0.15, 0.2) is 5.82 Å². The van der Waals surface area contributed by atoms with Gasteiger partial charge in [-0.2, -0.15) is 18.2 Å². The number of fused-ring (bicyclic) bond motifs is 4. The summed E-state index contributed by atoms with van der Waals surface area (Å²) in [7, 11) is -0.472. The lowest BCUT2D eigenvalue weighted by Crippen LogP contribution is -2.53. The van der Waals surface area contributed by atoms with Crippen molar-refractivity contribution in [3.8, 4) is 11.5 Å². The lowest BCUT2D eigenvalue weighted by molar-refractivity contribution is -0.139. The Balaban J connectivity index is 1.32. The molecule has 4 N–H and O–H groups in total. The Morgan fingerprint density at radius 1 is 0.947 bits per heavy atom. The van der Waals surface area contributed by atoms with E-state index in [9.17, 15) is 42.7 Å². The molecule has 1 saturated carbocycles. The second-order valence-corrected chi connectivity index (χ2v) is 15.2. The van der Waals surface area contributed by atoms with Crippen LogP contribution in [0.15, 0.2) is 90.6 Å². The number of allylic oxidation sites excluding steroid dienone is 2. The van der Waals surface area contributed by atoms with Crippen LogP contribution in [0.1, 0.15) is 35.4 Å². The number of anilines is 2. The molecule has 3 heterocycles. The van der Waals surface area contributed by atoms with Gasteiger partial charge in [0, 0.05) is 22.7 Å². The zero-order valence-corrected chi connectivity index (χ0v) is 31.1. The van der Waals surface area contributed by atoms with Gasteiger partial charge in [0.25, 0.3) is 11.8 Å². The Labute approximate surface area is 332 Å². The second kappa shape index (κ2) is 13.9. The number of benzene rings is 3. The molecule has 12 nitrogen and oxygen atoms in total. The summed E-state index contributed by atoms with van der Waals surface area (Å²) in [6, 6.07) is 16.9. The summed E-state index contributed by atoms with van der Waals surface area (Å²) in [5.41, 5.74) is 0.633. The Kier molecular flexibility index (Phi) is 9.38. The van der Waals surface area contributed by atoms with Crippen molar-refractivity contribution in [3.05, 3.63) is 117 Å². The van der Waals surface area contributed by atoms with E-state index in [4.69, 9.17) is 27.9 Å². The van der Waals surface area contributed by atoms with Crippen molar-refractivity contribution in [3.63, 3.8) is 0 Å². The van der Waals surface area contributed by atoms with Crippen LogP contribution in [-0.4, -0.2) is 63.0 Å². The van der Waals surface area contributed by atoms with Crippen molar-refractivity contribution < 1.29 is 52.2 Å². The predicted octanol–water partition coefficient (Wildman–Crippen LogP) is 4.99. The fraction of sp³-hybridized carbons (Fsp3) is 0.256. The molecule has 4 amide bonds. The molecule has 4 aliphatic rings. The number of hydrazine groups is 1. The van der Waals surface area contributed by atoms with E-state index in [0.29, 0.717) is 39.2 Å². The van der Waals surface area contributed by atoms with Gasteiger partial charge in [-0.3, -0.25) is 29.5 Å². The van der Waals surface area contributed by atoms with Crippen LogP contribution in [0, 0.1) is 23.7 Å². The van der Waals surface area contributed by atoms with E-state index in [2.05, 4.69) is 10.4 Å². The number of hydrogen-bond acceptors (Lipinski definition) is 10. The largest absolute Gasteiger partial charge is 0.508 e. The average molecular weight is 821 g/mol. The van der Waals surface area contributed by atoms with Gasteiger partial charge in [0.1, 0.15) is 11.5 Å². The van der Waals surface area contributed by atoms with Crippen LogP contribution in [0.4, 0.5) is 24.7 Å². The summed E-state index contributed by atoms with van der Waals surface area (Å²) in [4.78, 5) is 63.6. The molecule has 0 radical (unpaired) electrons. The SMILES string of the molecule is COc1ccc(O)c(C2C3=CCC4C(=O)N(c5cccc(B(O)O)c5)C(=O)C4C3CC3C(=O)N(Nc4ncc(C(F)(F)F)cc4Cl)C(=O)C32c2ccc(Cl)cc2)c1. The van der Waals surface area contributed by atoms with E-state index >= 15 is 4.79 Å². The fourth-order valence-electron chi connectivity index (χ4n) is 9.10. The third kappa shape index (κ3) is 5.96. The van der Waals surface area contributed by atoms with Crippen LogP contribution in [0.25, 0.3) is 0 Å². The lowest BCUT2D eigenvalue weighted by atomic mass is 9.49. The van der Waals surface area contributed by atoms with Crippen molar-refractivity contribution in [2.75, 3.05) is 17.4 Å². The van der Waals surface area contributed by atoms with Gasteiger partial charge in [-0.25, -0.2) is 4.98 Å². The van der Waals surface area contributed by atoms with Gasteiger partial charge >= 0.3 is 13.3 Å². The zero-order chi connectivity index (χ0) is 40.7. The summed E-state index contributed by atoms with van der Waals surface area (Å²) >= 11 is 12.6. The molecule has 2 aliphatic carbocycles. The maximum absolute atomic E-state index is 15.3. The van der Waals surface area contributed by atoms with Gasteiger partial charge in [-0.15, -0.1) is 0 Å². The number of nitrogens with zero attached hydrogens (tertiary/aromatic N) is 3. The number of carbonyl (C=O) groups excluding carboxylic acids is 4. The number of aromatic hydroxyl groups is 1. The molecule has 57 heavy (non-hydrogen) atoms. The van der Waals surface area contributed by atoms with Crippen molar-refractivity contribution in [1.29, 1.82) is 0 Å². The molecular weight excluding hydrogens is 791 g/mol. The first-order valence-electron chi connectivity index (χ1n) is 17.6. The molecule has 0 spiro atoms. The third-order valence-electron chi connectivity index (χ3n) is 11.5. The molecule has 292 valence electrons. The Bertz CT molecular complexity index is 2400. The minimum atomic E-state index is -4.78. The van der Waals surface area contributed by atoms with Gasteiger partial charge in [-0.05, 0) is 78.3 Å². The second-order valence-electron chi connectivity index (χ2n) is 14.3. The Hall–Kier alpha value is -5.42. The monoisotopic (exact) mass is 820 g/mol. The van der Waals surface area contributed by atoms with Crippen LogP contribution >= 0.6 is 23.2 Å². The van der Waals surface area contributed by atoms with Crippen molar-refractivity contribution in [2.24, 2.45) is 23.7 Å². The maximum atomic E-state index is 15.3. The molecular formula is C39H30BCl2F3N4O8. The highest BCUT2D eigenvalue weighted by Gasteiger charge is 2.71. The summed E-state index contributed by atoms with van der Waals surface area (Å²) < 4.78 is 46.0. The molecule has 0 bridgehead atoms. The molecule has 6 unspecified atom stereocenters. The molecule has 2 saturated heterocycles. The first-order valence-corrected chi connectivity index (χ1v) is 18.4. The number of rotatable bonds is 7. The number of amides is 4. The predicted molar refractivity (Wildman–Crippen MR) is 200 cm³/mol.